The summed E-state index contributed by atoms with van der Waals surface area (Å²) in [6.45, 7) is 4.25. The van der Waals surface area contributed by atoms with Crippen LogP contribution in [0.15, 0.2) is 47.1 Å². The summed E-state index contributed by atoms with van der Waals surface area (Å²) in [6.07, 6.45) is 6.31. The zero-order valence-corrected chi connectivity index (χ0v) is 16.3. The maximum Gasteiger partial charge on any atom is 0.286 e. The first-order valence-corrected chi connectivity index (χ1v) is 10.1. The summed E-state index contributed by atoms with van der Waals surface area (Å²) >= 11 is 0. The van der Waals surface area contributed by atoms with E-state index in [-0.39, 0.29) is 17.6 Å². The molecule has 2 heterocycles. The van der Waals surface area contributed by atoms with Gasteiger partial charge in [0.15, 0.2) is 5.76 Å². The minimum Gasteiger partial charge on any atom is -0.459 e. The molecule has 1 aromatic heterocycles. The van der Waals surface area contributed by atoms with E-state index >= 15 is 0 Å². The van der Waals surface area contributed by atoms with Crippen molar-refractivity contribution < 1.29 is 14.0 Å². The lowest BCUT2D eigenvalue weighted by molar-refractivity contribution is -0.121. The lowest BCUT2D eigenvalue weighted by Crippen LogP contribution is -2.30. The second-order valence-corrected chi connectivity index (χ2v) is 7.22. The van der Waals surface area contributed by atoms with E-state index in [2.05, 4.69) is 33.7 Å². The van der Waals surface area contributed by atoms with Gasteiger partial charge in [-0.05, 0) is 55.6 Å². The molecule has 2 aromatic rings. The Labute approximate surface area is 166 Å². The summed E-state index contributed by atoms with van der Waals surface area (Å²) in [7, 11) is 0. The van der Waals surface area contributed by atoms with Gasteiger partial charge in [0.05, 0.1) is 6.26 Å². The molecule has 0 unspecified atom stereocenters. The molecule has 2 N–H and O–H groups in total. The molecular weight excluding hydrogens is 354 g/mol. The fourth-order valence-electron chi connectivity index (χ4n) is 3.47. The Kier molecular flexibility index (Phi) is 7.67. The summed E-state index contributed by atoms with van der Waals surface area (Å²) in [5.74, 6) is 0.0341. The van der Waals surface area contributed by atoms with Crippen LogP contribution in [-0.2, 0) is 17.9 Å². The summed E-state index contributed by atoms with van der Waals surface area (Å²) in [4.78, 5) is 26.4. The van der Waals surface area contributed by atoms with Crippen LogP contribution in [0.4, 0.5) is 0 Å². The van der Waals surface area contributed by atoms with Gasteiger partial charge in [0, 0.05) is 26.1 Å². The average Bonchev–Trinajstić information content (AvgIpc) is 3.26. The second-order valence-electron chi connectivity index (χ2n) is 7.22. The molecule has 150 valence electrons. The van der Waals surface area contributed by atoms with Crippen molar-refractivity contribution in [1.29, 1.82) is 0 Å². The molecular formula is C22H29N3O3. The first-order chi connectivity index (χ1) is 13.7. The molecule has 0 saturated carbocycles. The Morgan fingerprint density at radius 2 is 1.75 bits per heavy atom. The molecule has 1 fully saturated rings. The van der Waals surface area contributed by atoms with E-state index in [1.807, 2.05) is 6.07 Å². The van der Waals surface area contributed by atoms with Gasteiger partial charge in [-0.2, -0.15) is 0 Å². The molecule has 1 aromatic carbocycles. The lowest BCUT2D eigenvalue weighted by Gasteiger charge is -2.27. The number of furan rings is 1. The van der Waals surface area contributed by atoms with E-state index in [1.54, 1.807) is 12.1 Å². The van der Waals surface area contributed by atoms with E-state index in [9.17, 15) is 9.59 Å². The van der Waals surface area contributed by atoms with E-state index in [1.165, 1.54) is 36.7 Å². The van der Waals surface area contributed by atoms with Gasteiger partial charge in [-0.25, -0.2) is 0 Å². The zero-order valence-electron chi connectivity index (χ0n) is 16.3. The highest BCUT2D eigenvalue weighted by atomic mass is 16.3. The number of likely N-dealkylation sites (tertiary alicyclic amines) is 1. The van der Waals surface area contributed by atoms with Crippen molar-refractivity contribution in [2.24, 2.45) is 0 Å². The number of nitrogens with zero attached hydrogens (tertiary/aromatic N) is 1. The van der Waals surface area contributed by atoms with E-state index in [0.717, 1.165) is 19.6 Å². The number of amides is 2. The molecule has 0 spiro atoms. The standard InChI is InChI=1S/C22H29N3O3/c26-21(11-6-12-23-22(27)20-10-7-15-28-20)24-16-18-8-2-3-9-19(18)17-25-13-4-1-5-14-25/h2-3,7-10,15H,1,4-6,11-14,16-17H2,(H,23,27)(H,24,26). The third-order valence-electron chi connectivity index (χ3n) is 5.05. The fraction of sp³-hybridized carbons (Fsp3) is 0.455. The number of hydrogen-bond donors (Lipinski definition) is 2. The highest BCUT2D eigenvalue weighted by Crippen LogP contribution is 2.16. The molecule has 1 aliphatic rings. The number of nitrogens with one attached hydrogen (secondary N) is 2. The molecule has 0 radical (unpaired) electrons. The predicted molar refractivity (Wildman–Crippen MR) is 108 cm³/mol. The maximum atomic E-state index is 12.1. The van der Waals surface area contributed by atoms with Gasteiger partial charge in [0.25, 0.3) is 5.91 Å². The van der Waals surface area contributed by atoms with Gasteiger partial charge >= 0.3 is 0 Å². The van der Waals surface area contributed by atoms with E-state index < -0.39 is 0 Å². The average molecular weight is 383 g/mol. The SMILES string of the molecule is O=C(CCCNC(=O)c1ccco1)NCc1ccccc1CN1CCCCC1. The van der Waals surface area contributed by atoms with Gasteiger partial charge in [-0.1, -0.05) is 30.7 Å². The summed E-state index contributed by atoms with van der Waals surface area (Å²) in [6, 6.07) is 11.6. The lowest BCUT2D eigenvalue weighted by atomic mass is 10.0. The highest BCUT2D eigenvalue weighted by Gasteiger charge is 2.13. The van der Waals surface area contributed by atoms with Crippen LogP contribution >= 0.6 is 0 Å². The number of piperidine rings is 1. The minimum atomic E-state index is -0.253. The van der Waals surface area contributed by atoms with Gasteiger partial charge in [-0.15, -0.1) is 0 Å². The predicted octanol–water partition coefficient (Wildman–Crippen LogP) is 3.09. The Bertz CT molecular complexity index is 752. The van der Waals surface area contributed by atoms with Crippen molar-refractivity contribution in [2.75, 3.05) is 19.6 Å². The van der Waals surface area contributed by atoms with Gasteiger partial charge in [0.1, 0.15) is 0 Å². The van der Waals surface area contributed by atoms with Crippen molar-refractivity contribution in [3.05, 3.63) is 59.5 Å². The van der Waals surface area contributed by atoms with Crippen molar-refractivity contribution in [1.82, 2.24) is 15.5 Å². The molecule has 3 rings (SSSR count). The second kappa shape index (κ2) is 10.7. The van der Waals surface area contributed by atoms with Crippen LogP contribution in [0.25, 0.3) is 0 Å². The summed E-state index contributed by atoms with van der Waals surface area (Å²) in [5.41, 5.74) is 2.46. The van der Waals surface area contributed by atoms with Gasteiger partial charge in [0.2, 0.25) is 5.91 Å². The molecule has 1 saturated heterocycles. The van der Waals surface area contributed by atoms with Gasteiger partial charge < -0.3 is 15.1 Å². The number of rotatable bonds is 9. The summed E-state index contributed by atoms with van der Waals surface area (Å²) < 4.78 is 5.03. The molecule has 1 aliphatic heterocycles. The fourth-order valence-corrected chi connectivity index (χ4v) is 3.47. The number of carbonyl (C=O) groups excluding carboxylic acids is 2. The third-order valence-corrected chi connectivity index (χ3v) is 5.05. The summed E-state index contributed by atoms with van der Waals surface area (Å²) in [5, 5.41) is 5.75. The molecule has 0 bridgehead atoms. The largest absolute Gasteiger partial charge is 0.459 e. The van der Waals surface area contributed by atoms with Crippen molar-refractivity contribution in [3.63, 3.8) is 0 Å². The van der Waals surface area contributed by atoms with Gasteiger partial charge in [-0.3, -0.25) is 14.5 Å². The smallest absolute Gasteiger partial charge is 0.286 e. The molecule has 0 atom stereocenters. The number of benzene rings is 1. The van der Waals surface area contributed by atoms with E-state index in [4.69, 9.17) is 4.42 Å². The Morgan fingerprint density at radius 1 is 0.964 bits per heavy atom. The third kappa shape index (κ3) is 6.23. The van der Waals surface area contributed by atoms with Crippen LogP contribution in [0, 0.1) is 0 Å². The number of hydrogen-bond acceptors (Lipinski definition) is 4. The van der Waals surface area contributed by atoms with Crippen molar-refractivity contribution in [3.8, 4) is 0 Å². The van der Waals surface area contributed by atoms with Crippen LogP contribution in [0.2, 0.25) is 0 Å². The van der Waals surface area contributed by atoms with Crippen LogP contribution in [0.1, 0.15) is 53.8 Å². The van der Waals surface area contributed by atoms with E-state index in [0.29, 0.717) is 25.9 Å². The van der Waals surface area contributed by atoms with Crippen LogP contribution in [0.5, 0.6) is 0 Å². The molecule has 28 heavy (non-hydrogen) atoms. The minimum absolute atomic E-state index is 0.0000214. The Balaban J connectivity index is 1.37. The van der Waals surface area contributed by atoms with Crippen molar-refractivity contribution in [2.45, 2.75) is 45.2 Å². The Morgan fingerprint density at radius 3 is 2.50 bits per heavy atom. The normalized spacial score (nSPS) is 14.6. The molecule has 0 aliphatic carbocycles. The number of carbonyl (C=O) groups is 2. The first kappa shape index (κ1) is 20.1. The topological polar surface area (TPSA) is 74.6 Å². The highest BCUT2D eigenvalue weighted by molar-refractivity contribution is 5.91. The molecule has 6 nitrogen and oxygen atoms in total. The Hall–Kier alpha value is -2.60. The molecule has 6 heteroatoms. The van der Waals surface area contributed by atoms with Crippen LogP contribution in [0.3, 0.4) is 0 Å². The maximum absolute atomic E-state index is 12.1. The first-order valence-electron chi connectivity index (χ1n) is 10.1. The quantitative estimate of drug-likeness (QED) is 0.653. The van der Waals surface area contributed by atoms with Crippen molar-refractivity contribution >= 4 is 11.8 Å². The monoisotopic (exact) mass is 383 g/mol. The zero-order chi connectivity index (χ0) is 19.6. The van der Waals surface area contributed by atoms with Crippen LogP contribution in [-0.4, -0.2) is 36.3 Å². The van der Waals surface area contributed by atoms with Crippen LogP contribution < -0.4 is 10.6 Å². The molecule has 2 amide bonds.